The third-order valence-electron chi connectivity index (χ3n) is 3.47. The lowest BCUT2D eigenvalue weighted by Gasteiger charge is -2.14. The first-order valence-electron chi connectivity index (χ1n) is 6.55. The first-order valence-corrected chi connectivity index (χ1v) is 6.55. The van der Waals surface area contributed by atoms with Crippen LogP contribution in [0.5, 0.6) is 0 Å². The van der Waals surface area contributed by atoms with E-state index >= 15 is 0 Å². The molecule has 0 aromatic heterocycles. The van der Waals surface area contributed by atoms with Gasteiger partial charge in [0.25, 0.3) is 0 Å². The van der Waals surface area contributed by atoms with E-state index in [-0.39, 0.29) is 11.5 Å². The van der Waals surface area contributed by atoms with E-state index < -0.39 is 18.0 Å². The second-order valence-corrected chi connectivity index (χ2v) is 5.03. The zero-order chi connectivity index (χ0) is 15.6. The predicted octanol–water partition coefficient (Wildman–Crippen LogP) is 1.05. The summed E-state index contributed by atoms with van der Waals surface area (Å²) in [6.07, 6.45) is 0.566. The van der Waals surface area contributed by atoms with Gasteiger partial charge in [-0.15, -0.1) is 0 Å². The van der Waals surface area contributed by atoms with Crippen LogP contribution in [0.2, 0.25) is 0 Å². The van der Waals surface area contributed by atoms with E-state index in [0.29, 0.717) is 18.7 Å². The minimum atomic E-state index is -1.06. The third kappa shape index (κ3) is 3.31. The van der Waals surface area contributed by atoms with Gasteiger partial charge in [-0.05, 0) is 31.0 Å². The van der Waals surface area contributed by atoms with Gasteiger partial charge in [0, 0.05) is 19.3 Å². The molecule has 2 rings (SSSR count). The number of likely N-dealkylation sites (N-methyl/N-ethyl adjacent to an activating group) is 1. The fourth-order valence-electron chi connectivity index (χ4n) is 2.16. The van der Waals surface area contributed by atoms with Gasteiger partial charge in [0.15, 0.2) is 0 Å². The first-order chi connectivity index (χ1) is 9.88. The summed E-state index contributed by atoms with van der Waals surface area (Å²) in [6.45, 7) is 2.37. The Bertz CT molecular complexity index is 600. The molecule has 0 saturated carbocycles. The Morgan fingerprint density at radius 2 is 2.10 bits per heavy atom. The van der Waals surface area contributed by atoms with Crippen molar-refractivity contribution in [2.45, 2.75) is 19.4 Å². The van der Waals surface area contributed by atoms with Gasteiger partial charge in [0.2, 0.25) is 5.91 Å². The summed E-state index contributed by atoms with van der Waals surface area (Å²) in [7, 11) is 1.68. The Balaban J connectivity index is 2.04. The fraction of sp³-hybridized carbons (Fsp3) is 0.357. The maximum atomic E-state index is 11.9. The van der Waals surface area contributed by atoms with Crippen molar-refractivity contribution >= 4 is 23.6 Å². The van der Waals surface area contributed by atoms with Crippen LogP contribution < -0.4 is 10.6 Å². The highest BCUT2D eigenvalue weighted by molar-refractivity contribution is 5.96. The highest BCUT2D eigenvalue weighted by atomic mass is 16.4. The van der Waals surface area contributed by atoms with Crippen LogP contribution in [0, 0.1) is 6.92 Å². The van der Waals surface area contributed by atoms with E-state index in [9.17, 15) is 14.4 Å². The number of nitrogens with zero attached hydrogens (tertiary/aromatic N) is 1. The molecule has 1 heterocycles. The maximum absolute atomic E-state index is 11.9. The van der Waals surface area contributed by atoms with Crippen LogP contribution in [0.3, 0.4) is 0 Å². The Morgan fingerprint density at radius 1 is 1.38 bits per heavy atom. The molecule has 21 heavy (non-hydrogen) atoms. The normalized spacial score (nSPS) is 17.7. The van der Waals surface area contributed by atoms with Gasteiger partial charge < -0.3 is 20.6 Å². The number of anilines is 1. The number of carboxylic acid groups (broad SMARTS) is 1. The van der Waals surface area contributed by atoms with Gasteiger partial charge >= 0.3 is 12.0 Å². The summed E-state index contributed by atoms with van der Waals surface area (Å²) in [6, 6.07) is 3.43. The number of carbonyl (C=O) groups is 3. The molecule has 3 N–H and O–H groups in total. The Morgan fingerprint density at radius 3 is 2.67 bits per heavy atom. The molecule has 1 fully saturated rings. The Labute approximate surface area is 121 Å². The van der Waals surface area contributed by atoms with Crippen molar-refractivity contribution in [3.05, 3.63) is 29.3 Å². The number of carboxylic acids is 1. The van der Waals surface area contributed by atoms with Gasteiger partial charge in [-0.1, -0.05) is 6.07 Å². The Hall–Kier alpha value is -2.57. The average molecular weight is 291 g/mol. The quantitative estimate of drug-likeness (QED) is 0.775. The molecule has 1 aliphatic rings. The van der Waals surface area contributed by atoms with E-state index in [0.717, 1.165) is 5.56 Å². The summed E-state index contributed by atoms with van der Waals surface area (Å²) in [4.78, 5) is 36.1. The van der Waals surface area contributed by atoms with Crippen molar-refractivity contribution in [2.75, 3.05) is 18.9 Å². The zero-order valence-corrected chi connectivity index (χ0v) is 11.8. The second kappa shape index (κ2) is 5.82. The van der Waals surface area contributed by atoms with Crippen molar-refractivity contribution in [3.63, 3.8) is 0 Å². The molecular weight excluding hydrogens is 274 g/mol. The molecule has 3 amide bonds. The third-order valence-corrected chi connectivity index (χ3v) is 3.47. The zero-order valence-electron chi connectivity index (χ0n) is 11.8. The monoisotopic (exact) mass is 291 g/mol. The van der Waals surface area contributed by atoms with Crippen molar-refractivity contribution in [1.29, 1.82) is 0 Å². The standard InChI is InChI=1S/C14H17N3O4/c1-8-3-4-9(13(19)20)7-11(8)16-14(21)15-10-5-6-17(2)12(10)18/h3-4,7,10H,5-6H2,1-2H3,(H,19,20)(H2,15,16,21). The van der Waals surface area contributed by atoms with Gasteiger partial charge in [-0.25, -0.2) is 9.59 Å². The molecule has 0 bridgehead atoms. The van der Waals surface area contributed by atoms with Gasteiger partial charge in [-0.3, -0.25) is 4.79 Å². The summed E-state index contributed by atoms with van der Waals surface area (Å²) >= 11 is 0. The predicted molar refractivity (Wildman–Crippen MR) is 76.3 cm³/mol. The number of benzene rings is 1. The minimum Gasteiger partial charge on any atom is -0.478 e. The SMILES string of the molecule is Cc1ccc(C(=O)O)cc1NC(=O)NC1CCN(C)C1=O. The average Bonchev–Trinajstić information content (AvgIpc) is 2.73. The number of amides is 3. The van der Waals surface area contributed by atoms with Gasteiger partial charge in [0.05, 0.1) is 5.56 Å². The summed E-state index contributed by atoms with van der Waals surface area (Å²) in [5.74, 6) is -1.19. The van der Waals surface area contributed by atoms with Crippen LogP contribution >= 0.6 is 0 Å². The van der Waals surface area contributed by atoms with Crippen LogP contribution in [0.4, 0.5) is 10.5 Å². The number of carbonyl (C=O) groups excluding carboxylic acids is 2. The second-order valence-electron chi connectivity index (χ2n) is 5.03. The molecule has 7 nitrogen and oxygen atoms in total. The smallest absolute Gasteiger partial charge is 0.335 e. The number of aryl methyl sites for hydroxylation is 1. The number of urea groups is 1. The molecule has 1 aliphatic heterocycles. The molecule has 1 saturated heterocycles. The van der Waals surface area contributed by atoms with Crippen LogP contribution in [0.15, 0.2) is 18.2 Å². The number of rotatable bonds is 3. The number of hydrogen-bond acceptors (Lipinski definition) is 3. The molecule has 0 aliphatic carbocycles. The van der Waals surface area contributed by atoms with E-state index in [4.69, 9.17) is 5.11 Å². The first kappa shape index (κ1) is 14.8. The fourth-order valence-corrected chi connectivity index (χ4v) is 2.16. The van der Waals surface area contributed by atoms with Gasteiger partial charge in [0.1, 0.15) is 6.04 Å². The summed E-state index contributed by atoms with van der Waals surface area (Å²) in [5.41, 5.74) is 1.24. The lowest BCUT2D eigenvalue weighted by atomic mass is 10.1. The van der Waals surface area contributed by atoms with Crippen LogP contribution in [-0.4, -0.2) is 47.5 Å². The molecule has 0 radical (unpaired) electrons. The number of aromatic carboxylic acids is 1. The van der Waals surface area contributed by atoms with Crippen molar-refractivity contribution in [2.24, 2.45) is 0 Å². The lowest BCUT2D eigenvalue weighted by molar-refractivity contribution is -0.128. The molecular formula is C14H17N3O4. The number of nitrogens with one attached hydrogen (secondary N) is 2. The van der Waals surface area contributed by atoms with Crippen molar-refractivity contribution in [3.8, 4) is 0 Å². The summed E-state index contributed by atoms with van der Waals surface area (Å²) < 4.78 is 0. The Kier molecular flexibility index (Phi) is 4.11. The molecule has 1 aromatic rings. The summed E-state index contributed by atoms with van der Waals surface area (Å²) in [5, 5.41) is 14.1. The molecule has 0 spiro atoms. The molecule has 7 heteroatoms. The van der Waals surface area contributed by atoms with Crippen LogP contribution in [0.1, 0.15) is 22.3 Å². The molecule has 112 valence electrons. The lowest BCUT2D eigenvalue weighted by Crippen LogP contribution is -2.42. The van der Waals surface area contributed by atoms with Crippen molar-refractivity contribution in [1.82, 2.24) is 10.2 Å². The number of likely N-dealkylation sites (tertiary alicyclic amines) is 1. The molecule has 1 atom stereocenters. The van der Waals surface area contributed by atoms with Crippen molar-refractivity contribution < 1.29 is 19.5 Å². The maximum Gasteiger partial charge on any atom is 0.335 e. The topological polar surface area (TPSA) is 98.7 Å². The largest absolute Gasteiger partial charge is 0.478 e. The van der Waals surface area contributed by atoms with Crippen LogP contribution in [0.25, 0.3) is 0 Å². The van der Waals surface area contributed by atoms with E-state index in [2.05, 4.69) is 10.6 Å². The molecule has 1 unspecified atom stereocenters. The van der Waals surface area contributed by atoms with E-state index in [1.54, 1.807) is 24.9 Å². The van der Waals surface area contributed by atoms with Crippen LogP contribution in [-0.2, 0) is 4.79 Å². The van der Waals surface area contributed by atoms with Gasteiger partial charge in [-0.2, -0.15) is 0 Å². The number of hydrogen-bond donors (Lipinski definition) is 3. The highest BCUT2D eigenvalue weighted by Crippen LogP contribution is 2.17. The highest BCUT2D eigenvalue weighted by Gasteiger charge is 2.30. The van der Waals surface area contributed by atoms with E-state index in [1.807, 2.05) is 0 Å². The minimum absolute atomic E-state index is 0.0903. The van der Waals surface area contributed by atoms with E-state index in [1.165, 1.54) is 12.1 Å². The molecule has 1 aromatic carbocycles.